The number of anilines is 2. The standard InChI is InChI=1S/C23H30N3P/c1-17(16-27(2,3)26-11-12-26)19-7-8-22(24)21(15-19)14-18-6-9-23-20(13-18)5-4-10-25-23/h4-9,13,15,17,25H,2,10-12,14,16,24H2,1,3H3. The Morgan fingerprint density at radius 3 is 2.81 bits per heavy atom. The zero-order valence-corrected chi connectivity index (χ0v) is 17.3. The van der Waals surface area contributed by atoms with Crippen LogP contribution in [0.15, 0.2) is 42.5 Å². The number of nitrogen functional groups attached to an aromatic ring is 1. The topological polar surface area (TPSA) is 41.1 Å². The van der Waals surface area contributed by atoms with Gasteiger partial charge in [0, 0.05) is 31.0 Å². The van der Waals surface area contributed by atoms with Crippen LogP contribution < -0.4 is 11.1 Å². The van der Waals surface area contributed by atoms with Crippen LogP contribution in [0.1, 0.15) is 35.1 Å². The van der Waals surface area contributed by atoms with E-state index in [2.05, 4.69) is 78.4 Å². The van der Waals surface area contributed by atoms with Crippen molar-refractivity contribution >= 4 is 30.8 Å². The van der Waals surface area contributed by atoms with Crippen LogP contribution in [0.25, 0.3) is 6.08 Å². The summed E-state index contributed by atoms with van der Waals surface area (Å²) < 4.78 is 2.55. The Labute approximate surface area is 163 Å². The van der Waals surface area contributed by atoms with Crippen LogP contribution in [-0.2, 0) is 6.42 Å². The van der Waals surface area contributed by atoms with E-state index in [4.69, 9.17) is 5.73 Å². The SMILES string of the molecule is C=P(C)(CC(C)c1ccc(N)c(Cc2ccc3c(c2)C=CCN3)c1)N1CC1. The van der Waals surface area contributed by atoms with Gasteiger partial charge in [-0.15, -0.1) is 0 Å². The molecular weight excluding hydrogens is 349 g/mol. The average Bonchev–Trinajstić information content (AvgIpc) is 3.49. The lowest BCUT2D eigenvalue weighted by atomic mass is 9.95. The quantitative estimate of drug-likeness (QED) is 0.434. The first-order valence-corrected chi connectivity index (χ1v) is 12.4. The summed E-state index contributed by atoms with van der Waals surface area (Å²) in [6, 6.07) is 13.3. The van der Waals surface area contributed by atoms with E-state index in [0.29, 0.717) is 5.92 Å². The van der Waals surface area contributed by atoms with Crippen LogP contribution in [0.3, 0.4) is 0 Å². The van der Waals surface area contributed by atoms with Crippen LogP contribution in [0.5, 0.6) is 0 Å². The number of nitrogens with zero attached hydrogens (tertiary/aromatic N) is 1. The van der Waals surface area contributed by atoms with Gasteiger partial charge in [0.15, 0.2) is 0 Å². The van der Waals surface area contributed by atoms with Crippen molar-refractivity contribution in [3.8, 4) is 0 Å². The fourth-order valence-corrected chi connectivity index (χ4v) is 6.70. The number of fused-ring (bicyclic) bond motifs is 1. The van der Waals surface area contributed by atoms with Gasteiger partial charge in [0.05, 0.1) is 0 Å². The van der Waals surface area contributed by atoms with Gasteiger partial charge >= 0.3 is 0 Å². The van der Waals surface area contributed by atoms with Crippen molar-refractivity contribution in [1.29, 1.82) is 0 Å². The second kappa shape index (κ2) is 7.22. The summed E-state index contributed by atoms with van der Waals surface area (Å²) in [7, 11) is -1.19. The Hall–Kier alpha value is -1.96. The summed E-state index contributed by atoms with van der Waals surface area (Å²) in [6.45, 7) is 8.07. The highest BCUT2D eigenvalue weighted by molar-refractivity contribution is 7.71. The summed E-state index contributed by atoms with van der Waals surface area (Å²) in [5.41, 5.74) is 13.6. The molecule has 0 aromatic heterocycles. The molecule has 27 heavy (non-hydrogen) atoms. The summed E-state index contributed by atoms with van der Waals surface area (Å²) in [5.74, 6) is 0.511. The minimum absolute atomic E-state index is 0.511. The van der Waals surface area contributed by atoms with E-state index in [9.17, 15) is 0 Å². The molecule has 1 fully saturated rings. The Morgan fingerprint density at radius 1 is 1.22 bits per heavy atom. The number of benzene rings is 2. The number of rotatable bonds is 6. The van der Waals surface area contributed by atoms with E-state index in [1.54, 1.807) is 0 Å². The molecule has 0 spiro atoms. The van der Waals surface area contributed by atoms with Gasteiger partial charge in [-0.3, -0.25) is 4.67 Å². The van der Waals surface area contributed by atoms with E-state index in [0.717, 1.165) is 18.7 Å². The maximum Gasteiger partial charge on any atom is 0.0416 e. The second-order valence-corrected chi connectivity index (χ2v) is 11.8. The third kappa shape index (κ3) is 4.15. The van der Waals surface area contributed by atoms with Crippen LogP contribution >= 0.6 is 7.04 Å². The first-order valence-electron chi connectivity index (χ1n) is 9.79. The van der Waals surface area contributed by atoms with E-state index in [1.165, 1.54) is 47.2 Å². The molecule has 2 aromatic carbocycles. The van der Waals surface area contributed by atoms with Crippen molar-refractivity contribution in [2.45, 2.75) is 19.3 Å². The van der Waals surface area contributed by atoms with Crippen LogP contribution in [-0.4, -0.2) is 43.4 Å². The summed E-state index contributed by atoms with van der Waals surface area (Å²) in [4.78, 5) is 0. The number of hydrogen-bond acceptors (Lipinski definition) is 3. The molecule has 0 saturated carbocycles. The molecule has 0 radical (unpaired) electrons. The summed E-state index contributed by atoms with van der Waals surface area (Å²) >= 11 is 0. The molecule has 2 aliphatic heterocycles. The van der Waals surface area contributed by atoms with Gasteiger partial charge in [0.1, 0.15) is 0 Å². The highest BCUT2D eigenvalue weighted by Crippen LogP contribution is 2.52. The van der Waals surface area contributed by atoms with Crippen molar-refractivity contribution < 1.29 is 0 Å². The zero-order valence-electron chi connectivity index (χ0n) is 16.4. The molecule has 1 saturated heterocycles. The third-order valence-corrected chi connectivity index (χ3v) is 8.83. The molecule has 0 bridgehead atoms. The minimum Gasteiger partial charge on any atom is -0.398 e. The van der Waals surface area contributed by atoms with Gasteiger partial charge in [-0.2, -0.15) is 0 Å². The molecule has 2 unspecified atom stereocenters. The van der Waals surface area contributed by atoms with E-state index in [-0.39, 0.29) is 0 Å². The lowest BCUT2D eigenvalue weighted by Gasteiger charge is -2.25. The fourth-order valence-electron chi connectivity index (χ4n) is 4.02. The monoisotopic (exact) mass is 379 g/mol. The summed E-state index contributed by atoms with van der Waals surface area (Å²) in [5, 5.41) is 3.41. The molecule has 4 heteroatoms. The molecule has 142 valence electrons. The van der Waals surface area contributed by atoms with Crippen molar-refractivity contribution in [2.24, 2.45) is 0 Å². The smallest absolute Gasteiger partial charge is 0.0416 e. The highest BCUT2D eigenvalue weighted by atomic mass is 31.2. The van der Waals surface area contributed by atoms with Crippen molar-refractivity contribution in [3.05, 3.63) is 64.7 Å². The second-order valence-electron chi connectivity index (χ2n) is 8.22. The number of hydrogen-bond donors (Lipinski definition) is 2. The van der Waals surface area contributed by atoms with Crippen LogP contribution in [0.4, 0.5) is 11.4 Å². The van der Waals surface area contributed by atoms with Crippen LogP contribution in [0, 0.1) is 0 Å². The van der Waals surface area contributed by atoms with Crippen molar-refractivity contribution in [1.82, 2.24) is 4.67 Å². The van der Waals surface area contributed by atoms with E-state index in [1.807, 2.05) is 0 Å². The first-order chi connectivity index (χ1) is 12.9. The normalized spacial score (nSPS) is 19.0. The molecule has 0 amide bonds. The molecule has 0 aliphatic carbocycles. The van der Waals surface area contributed by atoms with Gasteiger partial charge < -0.3 is 11.1 Å². The van der Waals surface area contributed by atoms with Crippen LogP contribution in [0.2, 0.25) is 0 Å². The van der Waals surface area contributed by atoms with Crippen molar-refractivity contribution in [2.75, 3.05) is 43.5 Å². The predicted molar refractivity (Wildman–Crippen MR) is 122 cm³/mol. The zero-order chi connectivity index (χ0) is 19.0. The van der Waals surface area contributed by atoms with Gasteiger partial charge in [0.25, 0.3) is 0 Å². The van der Waals surface area contributed by atoms with Crippen molar-refractivity contribution in [3.63, 3.8) is 0 Å². The average molecular weight is 379 g/mol. The highest BCUT2D eigenvalue weighted by Gasteiger charge is 2.29. The molecule has 2 aromatic rings. The lowest BCUT2D eigenvalue weighted by molar-refractivity contribution is 0.831. The number of nitrogens with two attached hydrogens (primary N) is 1. The van der Waals surface area contributed by atoms with Gasteiger partial charge in [-0.1, -0.05) is 50.6 Å². The molecule has 3 nitrogen and oxygen atoms in total. The Kier molecular flexibility index (Phi) is 4.92. The largest absolute Gasteiger partial charge is 0.398 e. The Bertz CT molecular complexity index is 927. The van der Waals surface area contributed by atoms with Gasteiger partial charge in [-0.25, -0.2) is 0 Å². The van der Waals surface area contributed by atoms with E-state index >= 15 is 0 Å². The first kappa shape index (κ1) is 18.4. The minimum atomic E-state index is -1.19. The Morgan fingerprint density at radius 2 is 2.04 bits per heavy atom. The maximum absolute atomic E-state index is 6.32. The molecule has 2 atom stereocenters. The third-order valence-electron chi connectivity index (χ3n) is 5.73. The maximum atomic E-state index is 6.32. The molecule has 3 N–H and O–H groups in total. The molecule has 2 aliphatic rings. The van der Waals surface area contributed by atoms with E-state index < -0.39 is 7.04 Å². The lowest BCUT2D eigenvalue weighted by Crippen LogP contribution is -2.08. The molecule has 2 heterocycles. The molecule has 4 rings (SSSR count). The summed E-state index contributed by atoms with van der Waals surface area (Å²) in [6.07, 6.45) is 11.0. The fraction of sp³-hybridized carbons (Fsp3) is 0.348. The number of nitrogens with one attached hydrogen (secondary N) is 1. The van der Waals surface area contributed by atoms with Gasteiger partial charge in [0.2, 0.25) is 0 Å². The predicted octanol–water partition coefficient (Wildman–Crippen LogP) is 4.71. The van der Waals surface area contributed by atoms with Gasteiger partial charge in [-0.05, 0) is 65.6 Å². The molecular formula is C23H30N3P. The Balaban J connectivity index is 1.54.